The molecule has 0 saturated heterocycles. The zero-order valence-corrected chi connectivity index (χ0v) is 13.6. The van der Waals surface area contributed by atoms with Crippen LogP contribution in [-0.2, 0) is 11.8 Å². The van der Waals surface area contributed by atoms with Gasteiger partial charge in [-0.1, -0.05) is 17.2 Å². The van der Waals surface area contributed by atoms with Gasteiger partial charge in [-0.05, 0) is 37.6 Å². The number of nitrogens with zero attached hydrogens (tertiary/aromatic N) is 4. The number of aryl methyl sites for hydroxylation is 3. The highest BCUT2D eigenvalue weighted by Crippen LogP contribution is 2.20. The smallest absolute Gasteiger partial charge is 0.322 e. The zero-order valence-electron chi connectivity index (χ0n) is 13.6. The molecule has 0 saturated carbocycles. The number of carbonyl (C=O) groups excluding carboxylic acids is 1. The lowest BCUT2D eigenvalue weighted by Gasteiger charge is -2.05. The molecule has 24 heavy (non-hydrogen) atoms. The molecule has 0 aliphatic carbocycles. The molecule has 3 rings (SSSR count). The summed E-state index contributed by atoms with van der Waals surface area (Å²) in [6.45, 7) is 3.67. The first-order valence-electron chi connectivity index (χ1n) is 7.35. The van der Waals surface area contributed by atoms with Crippen LogP contribution in [-0.4, -0.2) is 32.5 Å². The van der Waals surface area contributed by atoms with Crippen LogP contribution < -0.4 is 10.1 Å². The molecule has 0 aliphatic heterocycles. The van der Waals surface area contributed by atoms with Crippen molar-refractivity contribution in [3.63, 3.8) is 0 Å². The van der Waals surface area contributed by atoms with E-state index in [2.05, 4.69) is 20.6 Å². The van der Waals surface area contributed by atoms with Crippen molar-refractivity contribution in [3.8, 4) is 17.3 Å². The van der Waals surface area contributed by atoms with Gasteiger partial charge < -0.3 is 9.15 Å². The third-order valence-corrected chi connectivity index (χ3v) is 3.25. The van der Waals surface area contributed by atoms with E-state index in [1.807, 2.05) is 38.1 Å². The number of ether oxygens (including phenoxy) is 1. The van der Waals surface area contributed by atoms with Gasteiger partial charge in [-0.3, -0.25) is 14.8 Å². The van der Waals surface area contributed by atoms with Crippen LogP contribution in [0.5, 0.6) is 5.75 Å². The number of aromatic nitrogens is 4. The topological polar surface area (TPSA) is 95.1 Å². The monoisotopic (exact) mass is 327 g/mol. The quantitative estimate of drug-likeness (QED) is 0.771. The van der Waals surface area contributed by atoms with Crippen molar-refractivity contribution >= 4 is 11.9 Å². The number of anilines is 1. The second kappa shape index (κ2) is 6.53. The molecule has 0 spiro atoms. The molecule has 0 radical (unpaired) electrons. The van der Waals surface area contributed by atoms with Crippen LogP contribution >= 0.6 is 0 Å². The molecule has 1 N–H and O–H groups in total. The highest BCUT2D eigenvalue weighted by Gasteiger charge is 2.15. The molecular formula is C16H17N5O3. The highest BCUT2D eigenvalue weighted by molar-refractivity contribution is 5.89. The minimum absolute atomic E-state index is 0.0155. The van der Waals surface area contributed by atoms with Gasteiger partial charge in [0.25, 0.3) is 11.8 Å². The van der Waals surface area contributed by atoms with Crippen LogP contribution in [0.3, 0.4) is 0 Å². The number of nitrogens with one attached hydrogen (secondary N) is 1. The number of rotatable bonds is 5. The van der Waals surface area contributed by atoms with Crippen molar-refractivity contribution in [1.29, 1.82) is 0 Å². The number of hydrogen-bond donors (Lipinski definition) is 1. The molecule has 8 heteroatoms. The van der Waals surface area contributed by atoms with Gasteiger partial charge in [-0.15, -0.1) is 5.10 Å². The summed E-state index contributed by atoms with van der Waals surface area (Å²) in [5.41, 5.74) is 2.57. The summed E-state index contributed by atoms with van der Waals surface area (Å²) in [5, 5.41) is 14.4. The second-order valence-electron chi connectivity index (χ2n) is 5.36. The molecule has 8 nitrogen and oxygen atoms in total. The third kappa shape index (κ3) is 3.60. The average molecular weight is 327 g/mol. The minimum Gasteiger partial charge on any atom is -0.484 e. The minimum atomic E-state index is -0.382. The number of hydrogen-bond acceptors (Lipinski definition) is 6. The van der Waals surface area contributed by atoms with E-state index in [0.29, 0.717) is 11.4 Å². The Kier molecular flexibility index (Phi) is 4.28. The maximum absolute atomic E-state index is 11.9. The summed E-state index contributed by atoms with van der Waals surface area (Å²) in [6.07, 6.45) is 0. The number of benzene rings is 1. The van der Waals surface area contributed by atoms with Crippen molar-refractivity contribution in [2.75, 3.05) is 11.9 Å². The van der Waals surface area contributed by atoms with E-state index in [1.165, 1.54) is 0 Å². The Hall–Kier alpha value is -3.16. The van der Waals surface area contributed by atoms with Gasteiger partial charge in [0.15, 0.2) is 6.61 Å². The maximum Gasteiger partial charge on any atom is 0.322 e. The van der Waals surface area contributed by atoms with Crippen molar-refractivity contribution in [2.45, 2.75) is 13.8 Å². The first kappa shape index (κ1) is 15.7. The Balaban J connectivity index is 1.60. The van der Waals surface area contributed by atoms with Gasteiger partial charge in [-0.25, -0.2) is 0 Å². The van der Waals surface area contributed by atoms with E-state index in [4.69, 9.17) is 9.15 Å². The van der Waals surface area contributed by atoms with E-state index in [0.717, 1.165) is 11.3 Å². The standard InChI is InChI=1S/C16H17N5O3/c1-10-5-4-6-12(7-10)23-9-14(22)17-16-19-18-15(24-16)13-8-11(2)20-21(13)3/h4-8H,9H2,1-3H3,(H,17,19,22). The fourth-order valence-electron chi connectivity index (χ4n) is 2.20. The highest BCUT2D eigenvalue weighted by atomic mass is 16.5. The summed E-state index contributed by atoms with van der Waals surface area (Å²) in [4.78, 5) is 11.9. The van der Waals surface area contributed by atoms with Gasteiger partial charge in [0.1, 0.15) is 11.4 Å². The molecule has 2 heterocycles. The summed E-state index contributed by atoms with van der Waals surface area (Å²) >= 11 is 0. The Morgan fingerprint density at radius 1 is 1.29 bits per heavy atom. The summed E-state index contributed by atoms with van der Waals surface area (Å²) < 4.78 is 12.5. The molecule has 124 valence electrons. The van der Waals surface area contributed by atoms with Crippen molar-refractivity contribution in [2.24, 2.45) is 7.05 Å². The van der Waals surface area contributed by atoms with Crippen LogP contribution in [0.4, 0.5) is 6.01 Å². The van der Waals surface area contributed by atoms with Gasteiger partial charge in [0.2, 0.25) is 0 Å². The lowest BCUT2D eigenvalue weighted by Crippen LogP contribution is -2.20. The van der Waals surface area contributed by atoms with Gasteiger partial charge in [0.05, 0.1) is 5.69 Å². The Morgan fingerprint density at radius 3 is 2.83 bits per heavy atom. The van der Waals surface area contributed by atoms with E-state index in [1.54, 1.807) is 17.8 Å². The Bertz CT molecular complexity index is 868. The van der Waals surface area contributed by atoms with Crippen molar-refractivity contribution < 1.29 is 13.9 Å². The number of amides is 1. The lowest BCUT2D eigenvalue weighted by molar-refractivity contribution is -0.118. The second-order valence-corrected chi connectivity index (χ2v) is 5.36. The fourth-order valence-corrected chi connectivity index (χ4v) is 2.20. The third-order valence-electron chi connectivity index (χ3n) is 3.25. The van der Waals surface area contributed by atoms with Crippen LogP contribution in [0.15, 0.2) is 34.7 Å². The molecule has 3 aromatic rings. The lowest BCUT2D eigenvalue weighted by atomic mass is 10.2. The van der Waals surface area contributed by atoms with E-state index in [-0.39, 0.29) is 24.4 Å². The first-order chi connectivity index (χ1) is 11.5. The van der Waals surface area contributed by atoms with Crippen LogP contribution in [0.1, 0.15) is 11.3 Å². The van der Waals surface area contributed by atoms with E-state index >= 15 is 0 Å². The molecule has 1 amide bonds. The zero-order chi connectivity index (χ0) is 17.1. The summed E-state index contributed by atoms with van der Waals surface area (Å²) in [7, 11) is 1.78. The normalized spacial score (nSPS) is 10.6. The Labute approximate surface area is 138 Å². The van der Waals surface area contributed by atoms with Crippen LogP contribution in [0.2, 0.25) is 0 Å². The van der Waals surface area contributed by atoms with Crippen LogP contribution in [0.25, 0.3) is 11.6 Å². The molecule has 1 aromatic carbocycles. The molecule has 0 atom stereocenters. The Morgan fingerprint density at radius 2 is 2.12 bits per heavy atom. The fraction of sp³-hybridized carbons (Fsp3) is 0.250. The molecule has 0 unspecified atom stereocenters. The largest absolute Gasteiger partial charge is 0.484 e. The molecule has 0 fully saturated rings. The summed E-state index contributed by atoms with van der Waals surface area (Å²) in [5.74, 6) is 0.530. The average Bonchev–Trinajstić information content (AvgIpc) is 3.11. The molecule has 2 aromatic heterocycles. The first-order valence-corrected chi connectivity index (χ1v) is 7.35. The molecule has 0 aliphatic rings. The van der Waals surface area contributed by atoms with E-state index < -0.39 is 0 Å². The van der Waals surface area contributed by atoms with Gasteiger partial charge >= 0.3 is 6.01 Å². The maximum atomic E-state index is 11.9. The van der Waals surface area contributed by atoms with Gasteiger partial charge in [-0.2, -0.15) is 5.10 Å². The predicted octanol–water partition coefficient (Wildman–Crippen LogP) is 2.10. The predicted molar refractivity (Wildman–Crippen MR) is 86.5 cm³/mol. The van der Waals surface area contributed by atoms with Gasteiger partial charge in [0, 0.05) is 7.05 Å². The molecule has 0 bridgehead atoms. The van der Waals surface area contributed by atoms with E-state index in [9.17, 15) is 4.79 Å². The SMILES string of the molecule is Cc1cccc(OCC(=O)Nc2nnc(-c3cc(C)nn3C)o2)c1. The molecular weight excluding hydrogens is 310 g/mol. The van der Waals surface area contributed by atoms with Crippen LogP contribution in [0, 0.1) is 13.8 Å². The number of carbonyl (C=O) groups is 1. The summed E-state index contributed by atoms with van der Waals surface area (Å²) in [6, 6.07) is 9.29. The van der Waals surface area contributed by atoms with Crippen molar-refractivity contribution in [1.82, 2.24) is 20.0 Å². The van der Waals surface area contributed by atoms with Crippen molar-refractivity contribution in [3.05, 3.63) is 41.6 Å².